The normalized spacial score (nSPS) is 12.2. The first kappa shape index (κ1) is 20.5. The first-order valence-electron chi connectivity index (χ1n) is 9.39. The van der Waals surface area contributed by atoms with E-state index in [-0.39, 0.29) is 29.5 Å². The standard InChI is InChI=1S/C22H25FN4O2/c1-15-20(22(29)27(26(15)4)18-11-6-5-7-12-18)24-21(28)16(2)25(3)14-17-10-8-9-13-19(17)23/h5-13,16H,14H2,1-4H3,(H,24,28)/t16-/m0/s1. The van der Waals surface area contributed by atoms with Gasteiger partial charge in [0.1, 0.15) is 11.5 Å². The van der Waals surface area contributed by atoms with Gasteiger partial charge in [0.2, 0.25) is 5.91 Å². The molecule has 0 bridgehead atoms. The lowest BCUT2D eigenvalue weighted by Gasteiger charge is -2.23. The van der Waals surface area contributed by atoms with Gasteiger partial charge in [-0.05, 0) is 39.1 Å². The second kappa shape index (κ2) is 8.45. The zero-order chi connectivity index (χ0) is 21.1. The Bertz CT molecular complexity index is 1070. The fraction of sp³-hybridized carbons (Fsp3) is 0.273. The molecule has 0 aliphatic carbocycles. The van der Waals surface area contributed by atoms with Gasteiger partial charge in [0.25, 0.3) is 5.56 Å². The van der Waals surface area contributed by atoms with Crippen LogP contribution in [0.3, 0.4) is 0 Å². The quantitative estimate of drug-likeness (QED) is 0.697. The SMILES string of the molecule is Cc1c(NC(=O)[C@H](C)N(C)Cc2ccccc2F)c(=O)n(-c2ccccc2)n1C. The third kappa shape index (κ3) is 4.14. The number of nitrogens with one attached hydrogen (secondary N) is 1. The van der Waals surface area contributed by atoms with Crippen molar-refractivity contribution in [3.8, 4) is 5.69 Å². The second-order valence-electron chi connectivity index (χ2n) is 7.11. The highest BCUT2D eigenvalue weighted by atomic mass is 19.1. The minimum Gasteiger partial charge on any atom is -0.319 e. The number of para-hydroxylation sites is 1. The van der Waals surface area contributed by atoms with Crippen molar-refractivity contribution >= 4 is 11.6 Å². The van der Waals surface area contributed by atoms with E-state index in [0.717, 1.165) is 0 Å². The summed E-state index contributed by atoms with van der Waals surface area (Å²) in [6, 6.07) is 15.2. The molecule has 0 saturated carbocycles. The number of halogens is 1. The van der Waals surface area contributed by atoms with E-state index < -0.39 is 6.04 Å². The number of hydrogen-bond donors (Lipinski definition) is 1. The van der Waals surface area contributed by atoms with Crippen molar-refractivity contribution in [3.63, 3.8) is 0 Å². The van der Waals surface area contributed by atoms with Gasteiger partial charge in [-0.2, -0.15) is 0 Å². The first-order valence-corrected chi connectivity index (χ1v) is 9.39. The van der Waals surface area contributed by atoms with Gasteiger partial charge in [-0.25, -0.2) is 9.07 Å². The van der Waals surface area contributed by atoms with Crippen molar-refractivity contribution in [2.75, 3.05) is 12.4 Å². The third-order valence-electron chi connectivity index (χ3n) is 5.22. The van der Waals surface area contributed by atoms with Crippen LogP contribution in [0.15, 0.2) is 59.4 Å². The zero-order valence-electron chi connectivity index (χ0n) is 17.0. The van der Waals surface area contributed by atoms with Crippen molar-refractivity contribution in [2.24, 2.45) is 7.05 Å². The van der Waals surface area contributed by atoms with Crippen molar-refractivity contribution in [1.29, 1.82) is 0 Å². The van der Waals surface area contributed by atoms with Gasteiger partial charge in [0.15, 0.2) is 0 Å². The average Bonchev–Trinajstić information content (AvgIpc) is 2.92. The summed E-state index contributed by atoms with van der Waals surface area (Å²) in [5.41, 5.74) is 1.82. The van der Waals surface area contributed by atoms with Crippen LogP contribution >= 0.6 is 0 Å². The monoisotopic (exact) mass is 396 g/mol. The van der Waals surface area contributed by atoms with Gasteiger partial charge < -0.3 is 5.32 Å². The van der Waals surface area contributed by atoms with Crippen LogP contribution in [0.1, 0.15) is 18.2 Å². The largest absolute Gasteiger partial charge is 0.319 e. The molecule has 0 spiro atoms. The summed E-state index contributed by atoms with van der Waals surface area (Å²) < 4.78 is 17.1. The topological polar surface area (TPSA) is 59.3 Å². The van der Waals surface area contributed by atoms with E-state index in [4.69, 9.17) is 0 Å². The highest BCUT2D eigenvalue weighted by Crippen LogP contribution is 2.16. The molecule has 6 nitrogen and oxygen atoms in total. The summed E-state index contributed by atoms with van der Waals surface area (Å²) in [5.74, 6) is -0.633. The van der Waals surface area contributed by atoms with Crippen LogP contribution in [0.5, 0.6) is 0 Å². The van der Waals surface area contributed by atoms with Crippen LogP contribution in [-0.4, -0.2) is 33.3 Å². The average molecular weight is 396 g/mol. The Kier molecular flexibility index (Phi) is 5.98. The van der Waals surface area contributed by atoms with Crippen LogP contribution in [0.4, 0.5) is 10.1 Å². The Morgan fingerprint density at radius 1 is 1.14 bits per heavy atom. The number of hydrogen-bond acceptors (Lipinski definition) is 3. The maximum atomic E-state index is 13.9. The number of nitrogens with zero attached hydrogens (tertiary/aromatic N) is 3. The van der Waals surface area contributed by atoms with Crippen molar-refractivity contribution in [3.05, 3.63) is 82.0 Å². The maximum Gasteiger partial charge on any atom is 0.295 e. The minimum absolute atomic E-state index is 0.243. The molecule has 0 radical (unpaired) electrons. The number of amides is 1. The highest BCUT2D eigenvalue weighted by molar-refractivity contribution is 5.94. The molecule has 29 heavy (non-hydrogen) atoms. The van der Waals surface area contributed by atoms with Crippen LogP contribution in [0, 0.1) is 12.7 Å². The van der Waals surface area contributed by atoms with Gasteiger partial charge in [-0.15, -0.1) is 0 Å². The van der Waals surface area contributed by atoms with Gasteiger partial charge >= 0.3 is 0 Å². The van der Waals surface area contributed by atoms with E-state index >= 15 is 0 Å². The first-order chi connectivity index (χ1) is 13.8. The number of likely N-dealkylation sites (N-methyl/N-ethyl adjacent to an activating group) is 1. The molecule has 2 aromatic carbocycles. The highest BCUT2D eigenvalue weighted by Gasteiger charge is 2.23. The molecule has 0 aliphatic rings. The molecular weight excluding hydrogens is 371 g/mol. The molecule has 1 amide bonds. The van der Waals surface area contributed by atoms with Crippen LogP contribution in [0.25, 0.3) is 5.69 Å². The molecular formula is C22H25FN4O2. The fourth-order valence-corrected chi connectivity index (χ4v) is 3.17. The third-order valence-corrected chi connectivity index (χ3v) is 5.22. The Labute approximate surface area is 169 Å². The lowest BCUT2D eigenvalue weighted by molar-refractivity contribution is -0.120. The molecule has 0 unspecified atom stereocenters. The molecule has 1 atom stereocenters. The smallest absolute Gasteiger partial charge is 0.295 e. The van der Waals surface area contributed by atoms with E-state index in [2.05, 4.69) is 5.32 Å². The van der Waals surface area contributed by atoms with Crippen LogP contribution in [0.2, 0.25) is 0 Å². The zero-order valence-corrected chi connectivity index (χ0v) is 17.0. The second-order valence-corrected chi connectivity index (χ2v) is 7.11. The summed E-state index contributed by atoms with van der Waals surface area (Å²) in [7, 11) is 3.52. The lowest BCUT2D eigenvalue weighted by Crippen LogP contribution is -2.40. The molecule has 3 aromatic rings. The molecule has 7 heteroatoms. The maximum absolute atomic E-state index is 13.9. The predicted molar refractivity (Wildman–Crippen MR) is 112 cm³/mol. The Morgan fingerprint density at radius 3 is 2.41 bits per heavy atom. The van der Waals surface area contributed by atoms with Gasteiger partial charge in [-0.1, -0.05) is 36.4 Å². The number of aromatic nitrogens is 2. The molecule has 0 aliphatic heterocycles. The Balaban J connectivity index is 1.80. The summed E-state index contributed by atoms with van der Waals surface area (Å²) in [4.78, 5) is 27.5. The van der Waals surface area contributed by atoms with Gasteiger partial charge in [0.05, 0.1) is 17.4 Å². The van der Waals surface area contributed by atoms with Crippen LogP contribution < -0.4 is 10.9 Å². The number of rotatable bonds is 6. The summed E-state index contributed by atoms with van der Waals surface area (Å²) in [6.45, 7) is 3.79. The van der Waals surface area contributed by atoms with Crippen LogP contribution in [-0.2, 0) is 18.4 Å². The van der Waals surface area contributed by atoms with Crippen molar-refractivity contribution < 1.29 is 9.18 Å². The Hall–Kier alpha value is -3.19. The molecule has 1 heterocycles. The number of carbonyl (C=O) groups is 1. The van der Waals surface area contributed by atoms with E-state index in [0.29, 0.717) is 16.9 Å². The molecule has 3 rings (SSSR count). The van der Waals surface area contributed by atoms with E-state index in [1.165, 1.54) is 10.7 Å². The number of benzene rings is 2. The van der Waals surface area contributed by atoms with Crippen molar-refractivity contribution in [2.45, 2.75) is 26.4 Å². The van der Waals surface area contributed by atoms with E-state index in [9.17, 15) is 14.0 Å². The lowest BCUT2D eigenvalue weighted by atomic mass is 10.1. The molecule has 0 saturated heterocycles. The summed E-state index contributed by atoms with van der Waals surface area (Å²) in [6.07, 6.45) is 0. The van der Waals surface area contributed by atoms with E-state index in [1.54, 1.807) is 55.7 Å². The van der Waals surface area contributed by atoms with Gasteiger partial charge in [-0.3, -0.25) is 19.2 Å². The predicted octanol–water partition coefficient (Wildman–Crippen LogP) is 3.08. The summed E-state index contributed by atoms with van der Waals surface area (Å²) in [5, 5.41) is 2.76. The van der Waals surface area contributed by atoms with Crippen molar-refractivity contribution in [1.82, 2.24) is 14.3 Å². The molecule has 152 valence electrons. The fourth-order valence-electron chi connectivity index (χ4n) is 3.17. The minimum atomic E-state index is -0.557. The molecule has 1 N–H and O–H groups in total. The van der Waals surface area contributed by atoms with E-state index in [1.807, 2.05) is 30.3 Å². The Morgan fingerprint density at radius 2 is 1.76 bits per heavy atom. The summed E-state index contributed by atoms with van der Waals surface area (Å²) >= 11 is 0. The molecule has 1 aromatic heterocycles. The molecule has 0 fully saturated rings. The number of anilines is 1. The number of carbonyl (C=O) groups excluding carboxylic acids is 1. The van der Waals surface area contributed by atoms with Gasteiger partial charge in [0, 0.05) is 19.2 Å².